The highest BCUT2D eigenvalue weighted by Gasteiger charge is 2.16. The monoisotopic (exact) mass is 293 g/mol. The Kier molecular flexibility index (Phi) is 3.76. The van der Waals surface area contributed by atoms with E-state index in [-0.39, 0.29) is 16.5 Å². The molecule has 0 radical (unpaired) electrons. The van der Waals surface area contributed by atoms with Gasteiger partial charge in [0.1, 0.15) is 10.8 Å². The van der Waals surface area contributed by atoms with Crippen LogP contribution in [0.3, 0.4) is 0 Å². The van der Waals surface area contributed by atoms with Crippen molar-refractivity contribution in [1.29, 1.82) is 0 Å². The van der Waals surface area contributed by atoms with Gasteiger partial charge in [0.15, 0.2) is 0 Å². The lowest BCUT2D eigenvalue weighted by molar-refractivity contribution is 0.0692. The van der Waals surface area contributed by atoms with Gasteiger partial charge in [-0.15, -0.1) is 0 Å². The molecule has 0 unspecified atom stereocenters. The van der Waals surface area contributed by atoms with Crippen LogP contribution < -0.4 is 5.32 Å². The van der Waals surface area contributed by atoms with E-state index >= 15 is 0 Å². The number of nitrogens with zero attached hydrogens (tertiary/aromatic N) is 1. The van der Waals surface area contributed by atoms with Crippen LogP contribution in [-0.2, 0) is 0 Å². The Morgan fingerprint density at radius 1 is 1.30 bits per heavy atom. The van der Waals surface area contributed by atoms with E-state index in [9.17, 15) is 9.59 Å². The number of aryl methyl sites for hydroxylation is 2. The molecule has 0 spiro atoms. The van der Waals surface area contributed by atoms with E-state index in [1.807, 2.05) is 0 Å². The summed E-state index contributed by atoms with van der Waals surface area (Å²) in [4.78, 5) is 29.8. The summed E-state index contributed by atoms with van der Waals surface area (Å²) < 4.78 is 0. The molecule has 2 rings (SSSR count). The van der Waals surface area contributed by atoms with E-state index in [0.29, 0.717) is 17.0 Å². The van der Waals surface area contributed by atoms with Crippen molar-refractivity contribution in [2.24, 2.45) is 0 Å². The van der Waals surface area contributed by atoms with Crippen molar-refractivity contribution in [2.45, 2.75) is 13.8 Å². The minimum Gasteiger partial charge on any atom is -0.477 e. The predicted molar refractivity (Wildman–Crippen MR) is 74.4 cm³/mol. The van der Waals surface area contributed by atoms with Gasteiger partial charge in [-0.25, -0.2) is 9.78 Å². The first-order valence-electron chi connectivity index (χ1n) is 5.75. The number of H-pyrrole nitrogens is 1. The summed E-state index contributed by atoms with van der Waals surface area (Å²) in [6.45, 7) is 3.42. The summed E-state index contributed by atoms with van der Waals surface area (Å²) in [5.74, 6) is -1.59. The zero-order valence-electron chi connectivity index (χ0n) is 10.8. The molecule has 0 atom stereocenters. The van der Waals surface area contributed by atoms with Crippen molar-refractivity contribution in [3.05, 3.63) is 46.0 Å². The van der Waals surface area contributed by atoms with Crippen molar-refractivity contribution < 1.29 is 14.7 Å². The van der Waals surface area contributed by atoms with Crippen molar-refractivity contribution in [1.82, 2.24) is 9.97 Å². The third-order valence-corrected chi connectivity index (χ3v) is 2.79. The molecule has 104 valence electrons. The highest BCUT2D eigenvalue weighted by molar-refractivity contribution is 6.29. The molecule has 0 fully saturated rings. The van der Waals surface area contributed by atoms with Gasteiger partial charge in [0.2, 0.25) is 0 Å². The van der Waals surface area contributed by atoms with Crippen LogP contribution in [0.5, 0.6) is 0 Å². The molecule has 0 saturated heterocycles. The third kappa shape index (κ3) is 2.97. The largest absolute Gasteiger partial charge is 0.477 e. The third-order valence-electron chi connectivity index (χ3n) is 2.60. The van der Waals surface area contributed by atoms with Crippen LogP contribution in [0.4, 0.5) is 5.69 Å². The Hall–Kier alpha value is -2.34. The van der Waals surface area contributed by atoms with Gasteiger partial charge in [-0.05, 0) is 32.0 Å². The molecule has 2 heterocycles. The van der Waals surface area contributed by atoms with Gasteiger partial charge >= 0.3 is 5.97 Å². The molecular weight excluding hydrogens is 282 g/mol. The normalized spacial score (nSPS) is 10.3. The average molecular weight is 294 g/mol. The van der Waals surface area contributed by atoms with Crippen LogP contribution in [0.2, 0.25) is 5.15 Å². The molecule has 1 amide bonds. The standard InChI is InChI=1S/C13H12ClN3O3/c1-6-3-8(5-10(14)15-6)12(18)17-9-4-7(2)16-11(9)13(19)20/h3-5,16H,1-2H3,(H,17,18)(H,19,20). The minimum absolute atomic E-state index is 0.0623. The first kappa shape index (κ1) is 14.1. The summed E-state index contributed by atoms with van der Waals surface area (Å²) in [7, 11) is 0. The van der Waals surface area contributed by atoms with E-state index < -0.39 is 11.9 Å². The van der Waals surface area contributed by atoms with Crippen LogP contribution in [-0.4, -0.2) is 27.0 Å². The van der Waals surface area contributed by atoms with Crippen LogP contribution >= 0.6 is 11.6 Å². The number of aromatic amines is 1. The maximum absolute atomic E-state index is 12.1. The Bertz CT molecular complexity index is 674. The van der Waals surface area contributed by atoms with Crippen LogP contribution in [0.25, 0.3) is 0 Å². The van der Waals surface area contributed by atoms with E-state index in [0.717, 1.165) is 0 Å². The number of hydrogen-bond donors (Lipinski definition) is 3. The molecule has 7 heteroatoms. The summed E-state index contributed by atoms with van der Waals surface area (Å²) in [6.07, 6.45) is 0. The predicted octanol–water partition coefficient (Wildman–Crippen LogP) is 2.63. The fraction of sp³-hybridized carbons (Fsp3) is 0.154. The van der Waals surface area contributed by atoms with E-state index in [4.69, 9.17) is 16.7 Å². The van der Waals surface area contributed by atoms with Crippen molar-refractivity contribution >= 4 is 29.2 Å². The van der Waals surface area contributed by atoms with Crippen LogP contribution in [0.15, 0.2) is 18.2 Å². The molecule has 3 N–H and O–H groups in total. The quantitative estimate of drug-likeness (QED) is 0.758. The van der Waals surface area contributed by atoms with Gasteiger partial charge < -0.3 is 15.4 Å². The number of carbonyl (C=O) groups excluding carboxylic acids is 1. The van der Waals surface area contributed by atoms with Gasteiger partial charge in [0.05, 0.1) is 5.69 Å². The minimum atomic E-state index is -1.14. The number of aromatic carboxylic acids is 1. The van der Waals surface area contributed by atoms with E-state index in [2.05, 4.69) is 15.3 Å². The van der Waals surface area contributed by atoms with Gasteiger partial charge in [-0.3, -0.25) is 4.79 Å². The average Bonchev–Trinajstić information content (AvgIpc) is 2.69. The number of amides is 1. The van der Waals surface area contributed by atoms with Gasteiger partial charge in [-0.1, -0.05) is 11.6 Å². The molecule has 0 aromatic carbocycles. The number of anilines is 1. The molecule has 0 bridgehead atoms. The molecule has 0 aliphatic carbocycles. The zero-order chi connectivity index (χ0) is 14.9. The maximum Gasteiger partial charge on any atom is 0.354 e. The molecule has 0 saturated carbocycles. The molecule has 0 aliphatic rings. The lowest BCUT2D eigenvalue weighted by atomic mass is 10.2. The number of halogens is 1. The number of nitrogens with one attached hydrogen (secondary N) is 2. The van der Waals surface area contributed by atoms with Crippen molar-refractivity contribution in [2.75, 3.05) is 5.32 Å². The van der Waals surface area contributed by atoms with Gasteiger partial charge in [0.25, 0.3) is 5.91 Å². The highest BCUT2D eigenvalue weighted by Crippen LogP contribution is 2.19. The molecule has 0 aliphatic heterocycles. The topological polar surface area (TPSA) is 95.1 Å². The number of aromatic nitrogens is 2. The molecule has 20 heavy (non-hydrogen) atoms. The number of carboxylic acid groups (broad SMARTS) is 1. The second-order valence-electron chi connectivity index (χ2n) is 4.32. The van der Waals surface area contributed by atoms with E-state index in [1.54, 1.807) is 26.0 Å². The maximum atomic E-state index is 12.1. The van der Waals surface area contributed by atoms with Gasteiger partial charge in [0, 0.05) is 17.0 Å². The fourth-order valence-electron chi connectivity index (χ4n) is 1.81. The summed E-state index contributed by atoms with van der Waals surface area (Å²) in [5.41, 5.74) is 1.71. The van der Waals surface area contributed by atoms with Crippen LogP contribution in [0, 0.1) is 13.8 Å². The first-order chi connectivity index (χ1) is 9.36. The lowest BCUT2D eigenvalue weighted by Gasteiger charge is -2.05. The zero-order valence-corrected chi connectivity index (χ0v) is 11.6. The van der Waals surface area contributed by atoms with Crippen molar-refractivity contribution in [3.63, 3.8) is 0 Å². The summed E-state index contributed by atoms with van der Waals surface area (Å²) in [5, 5.41) is 11.8. The SMILES string of the molecule is Cc1cc(C(=O)Nc2cc(C)[nH]c2C(=O)O)cc(Cl)n1. The molecule has 2 aromatic rings. The Balaban J connectivity index is 2.30. The number of carbonyl (C=O) groups is 2. The molecule has 6 nitrogen and oxygen atoms in total. The Morgan fingerprint density at radius 2 is 2.00 bits per heavy atom. The lowest BCUT2D eigenvalue weighted by Crippen LogP contribution is -2.14. The first-order valence-corrected chi connectivity index (χ1v) is 6.13. The Morgan fingerprint density at radius 3 is 2.60 bits per heavy atom. The second-order valence-corrected chi connectivity index (χ2v) is 4.71. The van der Waals surface area contributed by atoms with Crippen LogP contribution in [0.1, 0.15) is 32.2 Å². The molecule has 2 aromatic heterocycles. The fourth-order valence-corrected chi connectivity index (χ4v) is 2.06. The number of pyridine rings is 1. The smallest absolute Gasteiger partial charge is 0.354 e. The second kappa shape index (κ2) is 5.34. The van der Waals surface area contributed by atoms with Crippen molar-refractivity contribution in [3.8, 4) is 0 Å². The van der Waals surface area contributed by atoms with E-state index in [1.165, 1.54) is 6.07 Å². The van der Waals surface area contributed by atoms with Gasteiger partial charge in [-0.2, -0.15) is 0 Å². The summed E-state index contributed by atoms with van der Waals surface area (Å²) in [6, 6.07) is 4.54. The highest BCUT2D eigenvalue weighted by atomic mass is 35.5. The number of rotatable bonds is 3. The molecular formula is C13H12ClN3O3. The summed E-state index contributed by atoms with van der Waals surface area (Å²) >= 11 is 5.79. The number of hydrogen-bond acceptors (Lipinski definition) is 3. The number of carboxylic acids is 1. The Labute approximate surface area is 119 Å².